The topological polar surface area (TPSA) is 40.6 Å². The number of benzene rings is 2. The quantitative estimate of drug-likeness (QED) is 0.799. The van der Waals surface area contributed by atoms with Gasteiger partial charge >= 0.3 is 0 Å². The Kier molecular flexibility index (Phi) is 3.18. The second-order valence-electron chi connectivity index (χ2n) is 6.16. The molecule has 4 heteroatoms. The molecule has 2 heterocycles. The Bertz CT molecular complexity index is 772. The van der Waals surface area contributed by atoms with Gasteiger partial charge in [-0.15, -0.1) is 0 Å². The average molecular weight is 306 g/mol. The number of aryl methyl sites for hydroxylation is 1. The number of nitrogens with zero attached hydrogens (tertiary/aromatic N) is 2. The van der Waals surface area contributed by atoms with Gasteiger partial charge in [0.1, 0.15) is 0 Å². The smallest absolute Gasteiger partial charge is 0.266 e. The first-order valence-electron chi connectivity index (χ1n) is 8.00. The van der Waals surface area contributed by atoms with E-state index in [1.807, 2.05) is 19.1 Å². The highest BCUT2D eigenvalue weighted by atomic mass is 16.2. The van der Waals surface area contributed by atoms with Crippen LogP contribution in [0.15, 0.2) is 42.5 Å². The number of amides is 2. The lowest BCUT2D eigenvalue weighted by atomic mass is 10.1. The molecule has 0 spiro atoms. The van der Waals surface area contributed by atoms with Gasteiger partial charge in [0.05, 0.1) is 16.8 Å². The number of carbonyl (C=O) groups excluding carboxylic acids is 2. The van der Waals surface area contributed by atoms with E-state index in [1.54, 1.807) is 24.3 Å². The van der Waals surface area contributed by atoms with Gasteiger partial charge in [-0.05, 0) is 55.7 Å². The summed E-state index contributed by atoms with van der Waals surface area (Å²) < 4.78 is 0. The van der Waals surface area contributed by atoms with Crippen LogP contribution < -0.4 is 9.80 Å². The predicted octanol–water partition coefficient (Wildman–Crippen LogP) is 3.40. The molecule has 0 bridgehead atoms. The summed E-state index contributed by atoms with van der Waals surface area (Å²) in [5.41, 5.74) is 3.77. The van der Waals surface area contributed by atoms with Crippen LogP contribution in [0.4, 0.5) is 11.4 Å². The van der Waals surface area contributed by atoms with Crippen LogP contribution in [0.1, 0.15) is 39.1 Å². The maximum atomic E-state index is 12.6. The van der Waals surface area contributed by atoms with Gasteiger partial charge in [0, 0.05) is 18.8 Å². The van der Waals surface area contributed by atoms with Crippen LogP contribution >= 0.6 is 0 Å². The van der Waals surface area contributed by atoms with Crippen molar-refractivity contribution in [1.29, 1.82) is 0 Å². The first kappa shape index (κ1) is 14.0. The molecule has 2 aromatic carbocycles. The molecule has 4 rings (SSSR count). The number of rotatable bonds is 2. The summed E-state index contributed by atoms with van der Waals surface area (Å²) in [7, 11) is 0. The largest absolute Gasteiger partial charge is 0.372 e. The van der Waals surface area contributed by atoms with Gasteiger partial charge in [0.25, 0.3) is 11.8 Å². The number of carbonyl (C=O) groups is 2. The van der Waals surface area contributed by atoms with Crippen molar-refractivity contribution in [3.8, 4) is 0 Å². The highest BCUT2D eigenvalue weighted by Crippen LogP contribution is 2.33. The molecular formula is C19H18N2O2. The van der Waals surface area contributed by atoms with E-state index in [9.17, 15) is 9.59 Å². The normalized spacial score (nSPS) is 17.1. The predicted molar refractivity (Wildman–Crippen MR) is 90.2 cm³/mol. The van der Waals surface area contributed by atoms with Gasteiger partial charge in [-0.1, -0.05) is 12.1 Å². The summed E-state index contributed by atoms with van der Waals surface area (Å²) in [5.74, 6) is -0.467. The SMILES string of the molecule is Cc1cc(N2CCCC2)ccc1N1C(=O)c2ccccc2C1=O. The first-order chi connectivity index (χ1) is 11.2. The zero-order chi connectivity index (χ0) is 16.0. The number of fused-ring (bicyclic) bond motifs is 1. The van der Waals surface area contributed by atoms with E-state index >= 15 is 0 Å². The number of hydrogen-bond donors (Lipinski definition) is 0. The molecule has 4 nitrogen and oxygen atoms in total. The van der Waals surface area contributed by atoms with E-state index in [2.05, 4.69) is 11.0 Å². The number of anilines is 2. The summed E-state index contributed by atoms with van der Waals surface area (Å²) in [6, 6.07) is 13.0. The third kappa shape index (κ3) is 2.13. The molecule has 23 heavy (non-hydrogen) atoms. The Hall–Kier alpha value is -2.62. The van der Waals surface area contributed by atoms with Crippen LogP contribution in [0.25, 0.3) is 0 Å². The zero-order valence-electron chi connectivity index (χ0n) is 13.1. The maximum Gasteiger partial charge on any atom is 0.266 e. The van der Waals surface area contributed by atoms with Gasteiger partial charge in [0.15, 0.2) is 0 Å². The molecular weight excluding hydrogens is 288 g/mol. The van der Waals surface area contributed by atoms with Crippen molar-refractivity contribution in [3.05, 3.63) is 59.2 Å². The summed E-state index contributed by atoms with van der Waals surface area (Å²) in [6.07, 6.45) is 2.44. The Morgan fingerprint density at radius 1 is 0.870 bits per heavy atom. The molecule has 0 atom stereocenters. The summed E-state index contributed by atoms with van der Waals surface area (Å²) in [5, 5.41) is 0. The summed E-state index contributed by atoms with van der Waals surface area (Å²) in [4.78, 5) is 28.8. The van der Waals surface area contributed by atoms with Crippen molar-refractivity contribution in [1.82, 2.24) is 0 Å². The molecule has 0 N–H and O–H groups in total. The van der Waals surface area contributed by atoms with E-state index in [1.165, 1.54) is 23.4 Å². The molecule has 0 aliphatic carbocycles. The molecule has 2 aromatic rings. The molecule has 0 aromatic heterocycles. The fraction of sp³-hybridized carbons (Fsp3) is 0.263. The second-order valence-corrected chi connectivity index (χ2v) is 6.16. The van der Waals surface area contributed by atoms with Crippen molar-refractivity contribution < 1.29 is 9.59 Å². The Labute approximate surface area is 135 Å². The molecule has 0 radical (unpaired) electrons. The van der Waals surface area contributed by atoms with E-state index in [0.717, 1.165) is 18.7 Å². The molecule has 2 amide bonds. The average Bonchev–Trinajstić information content (AvgIpc) is 3.17. The standard InChI is InChI=1S/C19H18N2O2/c1-13-12-14(20-10-4-5-11-20)8-9-17(13)21-18(22)15-6-2-3-7-16(15)19(21)23/h2-3,6-9,12H,4-5,10-11H2,1H3. The molecule has 2 aliphatic heterocycles. The Morgan fingerprint density at radius 2 is 1.48 bits per heavy atom. The molecule has 0 saturated carbocycles. The summed E-state index contributed by atoms with van der Waals surface area (Å²) >= 11 is 0. The lowest BCUT2D eigenvalue weighted by Crippen LogP contribution is -2.30. The minimum absolute atomic E-state index is 0.234. The third-order valence-corrected chi connectivity index (χ3v) is 4.69. The van der Waals surface area contributed by atoms with Crippen molar-refractivity contribution in [2.24, 2.45) is 0 Å². The monoisotopic (exact) mass is 306 g/mol. The number of hydrogen-bond acceptors (Lipinski definition) is 3. The molecule has 116 valence electrons. The van der Waals surface area contributed by atoms with Crippen LogP contribution in [-0.4, -0.2) is 24.9 Å². The van der Waals surface area contributed by atoms with Gasteiger partial charge in [0.2, 0.25) is 0 Å². The minimum Gasteiger partial charge on any atom is -0.372 e. The van der Waals surface area contributed by atoms with Gasteiger partial charge in [-0.25, -0.2) is 4.90 Å². The zero-order valence-corrected chi connectivity index (χ0v) is 13.1. The van der Waals surface area contributed by atoms with Crippen molar-refractivity contribution in [2.75, 3.05) is 22.9 Å². The lowest BCUT2D eigenvalue weighted by molar-refractivity contribution is 0.0926. The molecule has 1 saturated heterocycles. The molecule has 0 unspecified atom stereocenters. The Balaban J connectivity index is 1.71. The van der Waals surface area contributed by atoms with Crippen LogP contribution in [-0.2, 0) is 0 Å². The van der Waals surface area contributed by atoms with E-state index < -0.39 is 0 Å². The van der Waals surface area contributed by atoms with Gasteiger partial charge in [-0.3, -0.25) is 9.59 Å². The number of imide groups is 1. The maximum absolute atomic E-state index is 12.6. The molecule has 2 aliphatic rings. The second kappa shape index (κ2) is 5.23. The van der Waals surface area contributed by atoms with Crippen molar-refractivity contribution in [3.63, 3.8) is 0 Å². The third-order valence-electron chi connectivity index (χ3n) is 4.69. The van der Waals surface area contributed by atoms with E-state index in [0.29, 0.717) is 16.8 Å². The van der Waals surface area contributed by atoms with Crippen LogP contribution in [0.5, 0.6) is 0 Å². The highest BCUT2D eigenvalue weighted by molar-refractivity contribution is 6.34. The van der Waals surface area contributed by atoms with E-state index in [4.69, 9.17) is 0 Å². The van der Waals surface area contributed by atoms with Crippen LogP contribution in [0.2, 0.25) is 0 Å². The van der Waals surface area contributed by atoms with Gasteiger partial charge < -0.3 is 4.90 Å². The van der Waals surface area contributed by atoms with Crippen LogP contribution in [0, 0.1) is 6.92 Å². The molecule has 1 fully saturated rings. The fourth-order valence-corrected chi connectivity index (χ4v) is 3.47. The lowest BCUT2D eigenvalue weighted by Gasteiger charge is -2.21. The van der Waals surface area contributed by atoms with Crippen LogP contribution in [0.3, 0.4) is 0 Å². The van der Waals surface area contributed by atoms with Crippen molar-refractivity contribution >= 4 is 23.2 Å². The first-order valence-corrected chi connectivity index (χ1v) is 8.00. The van der Waals surface area contributed by atoms with Crippen molar-refractivity contribution in [2.45, 2.75) is 19.8 Å². The van der Waals surface area contributed by atoms with E-state index in [-0.39, 0.29) is 11.8 Å². The van der Waals surface area contributed by atoms with Gasteiger partial charge in [-0.2, -0.15) is 0 Å². The Morgan fingerprint density at radius 3 is 2.04 bits per heavy atom. The fourth-order valence-electron chi connectivity index (χ4n) is 3.47. The highest BCUT2D eigenvalue weighted by Gasteiger charge is 2.36. The minimum atomic E-state index is -0.234. The summed E-state index contributed by atoms with van der Waals surface area (Å²) in [6.45, 7) is 4.11.